The molecular formula is C51H39NSi. The van der Waals surface area contributed by atoms with Crippen LogP contribution in [0.25, 0.3) is 32.3 Å². The van der Waals surface area contributed by atoms with Gasteiger partial charge in [-0.15, -0.1) is 0 Å². The molecule has 0 heterocycles. The highest BCUT2D eigenvalue weighted by molar-refractivity contribution is 7.20. The van der Waals surface area contributed by atoms with Crippen molar-refractivity contribution >= 4 is 78.2 Å². The summed E-state index contributed by atoms with van der Waals surface area (Å²) in [7, 11) is -2.79. The quantitative estimate of drug-likeness (QED) is 0.0913. The fourth-order valence-electron chi connectivity index (χ4n) is 9.37. The van der Waals surface area contributed by atoms with Crippen LogP contribution in [0.4, 0.5) is 17.1 Å². The second kappa shape index (κ2) is 12.2. The van der Waals surface area contributed by atoms with Crippen LogP contribution in [-0.2, 0) is 5.41 Å². The fraction of sp³-hybridized carbons (Fsp3) is 0.0588. The molecule has 1 nitrogen and oxygen atoms in total. The Morgan fingerprint density at radius 2 is 0.925 bits per heavy atom. The molecule has 10 rings (SSSR count). The topological polar surface area (TPSA) is 3.24 Å². The van der Waals surface area contributed by atoms with E-state index in [0.717, 1.165) is 5.69 Å². The second-order valence-electron chi connectivity index (χ2n) is 14.9. The number of rotatable bonds is 7. The zero-order chi connectivity index (χ0) is 35.6. The lowest BCUT2D eigenvalue weighted by Crippen LogP contribution is -2.74. The zero-order valence-corrected chi connectivity index (χ0v) is 31.0. The Bertz CT molecular complexity index is 2700. The summed E-state index contributed by atoms with van der Waals surface area (Å²) in [5.41, 5.74) is 6.19. The summed E-state index contributed by atoms with van der Waals surface area (Å²) in [4.78, 5) is 2.49. The number of hydrogen-bond acceptors (Lipinski definition) is 1. The van der Waals surface area contributed by atoms with Crippen molar-refractivity contribution in [2.75, 3.05) is 4.90 Å². The van der Waals surface area contributed by atoms with Crippen molar-refractivity contribution in [2.45, 2.75) is 19.3 Å². The molecule has 0 spiro atoms. The maximum atomic E-state index is 2.49. The summed E-state index contributed by atoms with van der Waals surface area (Å²) < 4.78 is 0. The molecule has 252 valence electrons. The molecule has 53 heavy (non-hydrogen) atoms. The van der Waals surface area contributed by atoms with Gasteiger partial charge in [-0.1, -0.05) is 184 Å². The van der Waals surface area contributed by atoms with Crippen LogP contribution in [0.5, 0.6) is 0 Å². The summed E-state index contributed by atoms with van der Waals surface area (Å²) in [5, 5.41) is 13.4. The molecule has 0 fully saturated rings. The first-order valence-electron chi connectivity index (χ1n) is 18.6. The van der Waals surface area contributed by atoms with E-state index in [1.807, 2.05) is 0 Å². The van der Waals surface area contributed by atoms with Gasteiger partial charge in [0.15, 0.2) is 8.07 Å². The molecule has 0 saturated carbocycles. The maximum absolute atomic E-state index is 2.79. The van der Waals surface area contributed by atoms with Crippen molar-refractivity contribution in [3.05, 3.63) is 211 Å². The Morgan fingerprint density at radius 1 is 0.396 bits per heavy atom. The zero-order valence-electron chi connectivity index (χ0n) is 30.0. The Balaban J connectivity index is 1.27. The number of nitrogens with zero attached hydrogens (tertiary/aromatic N) is 1. The summed E-state index contributed by atoms with van der Waals surface area (Å²) in [6.07, 6.45) is 0. The molecule has 0 radical (unpaired) electrons. The third-order valence-corrected chi connectivity index (χ3v) is 16.6. The SMILES string of the molecule is CC1(C)c2cccc3ccc4cc(N(c5ccccc5)c5cccc6c([Si](c7ccccc7)(c7ccccc7)c7ccccc7)cccc56)cc1c4c23. The predicted molar refractivity (Wildman–Crippen MR) is 229 cm³/mol. The smallest absolute Gasteiger partial charge is 0.180 e. The minimum absolute atomic E-state index is 0.113. The molecule has 9 aromatic carbocycles. The highest BCUT2D eigenvalue weighted by Crippen LogP contribution is 2.51. The van der Waals surface area contributed by atoms with Gasteiger partial charge in [-0.3, -0.25) is 0 Å². The average molecular weight is 694 g/mol. The summed E-state index contributed by atoms with van der Waals surface area (Å²) in [6.45, 7) is 4.77. The van der Waals surface area contributed by atoms with E-state index in [1.54, 1.807) is 0 Å². The molecule has 0 N–H and O–H groups in total. The molecule has 0 bridgehead atoms. The molecule has 2 heteroatoms. The van der Waals surface area contributed by atoms with Crippen molar-refractivity contribution in [3.8, 4) is 0 Å². The van der Waals surface area contributed by atoms with Crippen LogP contribution < -0.4 is 25.6 Å². The van der Waals surface area contributed by atoms with Gasteiger partial charge in [-0.25, -0.2) is 0 Å². The van der Waals surface area contributed by atoms with E-state index >= 15 is 0 Å². The van der Waals surface area contributed by atoms with E-state index in [4.69, 9.17) is 0 Å². The van der Waals surface area contributed by atoms with Crippen LogP contribution in [0, 0.1) is 0 Å². The number of benzene rings is 9. The van der Waals surface area contributed by atoms with Gasteiger partial charge in [0.2, 0.25) is 0 Å². The van der Waals surface area contributed by atoms with Crippen molar-refractivity contribution in [1.29, 1.82) is 0 Å². The van der Waals surface area contributed by atoms with Gasteiger partial charge in [0.1, 0.15) is 0 Å². The number of hydrogen-bond donors (Lipinski definition) is 0. The molecule has 0 aliphatic heterocycles. The highest BCUT2D eigenvalue weighted by atomic mass is 28.3. The molecule has 1 aliphatic rings. The number of fused-ring (bicyclic) bond motifs is 1. The van der Waals surface area contributed by atoms with E-state index in [1.165, 1.54) is 75.6 Å². The van der Waals surface area contributed by atoms with Gasteiger partial charge in [0.25, 0.3) is 0 Å². The maximum Gasteiger partial charge on any atom is 0.180 e. The van der Waals surface area contributed by atoms with Gasteiger partial charge in [-0.05, 0) is 89.1 Å². The van der Waals surface area contributed by atoms with Gasteiger partial charge in [-0.2, -0.15) is 0 Å². The lowest BCUT2D eigenvalue weighted by Gasteiger charge is -2.36. The molecular weight excluding hydrogens is 655 g/mol. The molecule has 0 amide bonds. The van der Waals surface area contributed by atoms with Crippen LogP contribution in [0.15, 0.2) is 200 Å². The number of para-hydroxylation sites is 1. The van der Waals surface area contributed by atoms with Crippen molar-refractivity contribution in [1.82, 2.24) is 0 Å². The van der Waals surface area contributed by atoms with E-state index in [2.05, 4.69) is 219 Å². The average Bonchev–Trinajstić information content (AvgIpc) is 3.46. The van der Waals surface area contributed by atoms with Crippen LogP contribution in [0.3, 0.4) is 0 Å². The van der Waals surface area contributed by atoms with Gasteiger partial charge in [0, 0.05) is 22.2 Å². The van der Waals surface area contributed by atoms with E-state index in [-0.39, 0.29) is 5.41 Å². The summed E-state index contributed by atoms with van der Waals surface area (Å²) in [5.74, 6) is 0. The third kappa shape index (κ3) is 4.69. The highest BCUT2D eigenvalue weighted by Gasteiger charge is 2.42. The molecule has 1 aliphatic carbocycles. The second-order valence-corrected chi connectivity index (χ2v) is 18.7. The lowest BCUT2D eigenvalue weighted by molar-refractivity contribution is 0.663. The van der Waals surface area contributed by atoms with Crippen molar-refractivity contribution in [3.63, 3.8) is 0 Å². The van der Waals surface area contributed by atoms with E-state index in [0.29, 0.717) is 0 Å². The van der Waals surface area contributed by atoms with E-state index < -0.39 is 8.07 Å². The first-order chi connectivity index (χ1) is 26.1. The van der Waals surface area contributed by atoms with Gasteiger partial charge in [0.05, 0.1) is 5.69 Å². The van der Waals surface area contributed by atoms with E-state index in [9.17, 15) is 0 Å². The molecule has 0 saturated heterocycles. The Labute approximate surface area is 312 Å². The minimum Gasteiger partial charge on any atom is -0.310 e. The molecule has 9 aromatic rings. The largest absolute Gasteiger partial charge is 0.310 e. The monoisotopic (exact) mass is 693 g/mol. The van der Waals surface area contributed by atoms with Gasteiger partial charge >= 0.3 is 0 Å². The first-order valence-corrected chi connectivity index (χ1v) is 20.6. The Kier molecular flexibility index (Phi) is 7.25. The predicted octanol–water partition coefficient (Wildman–Crippen LogP) is 10.6. The Hall–Kier alpha value is -6.22. The lowest BCUT2D eigenvalue weighted by atomic mass is 9.81. The van der Waals surface area contributed by atoms with Crippen LogP contribution in [-0.4, -0.2) is 8.07 Å². The molecule has 0 atom stereocenters. The number of anilines is 3. The van der Waals surface area contributed by atoms with Crippen molar-refractivity contribution < 1.29 is 0 Å². The first kappa shape index (κ1) is 31.5. The fourth-order valence-corrected chi connectivity index (χ4v) is 14.3. The van der Waals surface area contributed by atoms with Crippen LogP contribution in [0.1, 0.15) is 25.0 Å². The third-order valence-electron chi connectivity index (χ3n) is 11.7. The minimum atomic E-state index is -2.79. The standard InChI is InChI=1S/C51H39NSi/c1-51(2)45-29-15-18-36-32-33-37-34-39(35-46(51)50(37)49(36)45)52(38-19-7-3-8-20-38)47-30-16-28-44-43(47)27-17-31-48(44)53(40-21-9-4-10-22-40,41-23-11-5-12-24-41)42-25-13-6-14-26-42/h3-35H,1-2H3. The van der Waals surface area contributed by atoms with Gasteiger partial charge < -0.3 is 4.90 Å². The molecule has 0 unspecified atom stereocenters. The van der Waals surface area contributed by atoms with Crippen LogP contribution in [0.2, 0.25) is 0 Å². The summed E-state index contributed by atoms with van der Waals surface area (Å²) >= 11 is 0. The van der Waals surface area contributed by atoms with Crippen molar-refractivity contribution in [2.24, 2.45) is 0 Å². The Morgan fingerprint density at radius 3 is 1.57 bits per heavy atom. The summed E-state index contributed by atoms with van der Waals surface area (Å²) in [6, 6.07) is 74.8. The van der Waals surface area contributed by atoms with Crippen LogP contribution >= 0.6 is 0 Å². The molecule has 0 aromatic heterocycles. The normalized spacial score (nSPS) is 13.2.